The van der Waals surface area contributed by atoms with Crippen LogP contribution in [0.2, 0.25) is 5.02 Å². The molecule has 0 heterocycles. The van der Waals surface area contributed by atoms with Crippen molar-refractivity contribution < 1.29 is 30.7 Å². The summed E-state index contributed by atoms with van der Waals surface area (Å²) >= 11 is 5.48. The van der Waals surface area contributed by atoms with E-state index in [-0.39, 0.29) is 11.1 Å². The van der Waals surface area contributed by atoms with E-state index in [0.29, 0.717) is 12.1 Å². The van der Waals surface area contributed by atoms with Gasteiger partial charge in [0.15, 0.2) is 11.6 Å². The third kappa shape index (κ3) is 2.78. The van der Waals surface area contributed by atoms with Crippen molar-refractivity contribution in [1.82, 2.24) is 0 Å². The average molecular weight is 357 g/mol. The summed E-state index contributed by atoms with van der Waals surface area (Å²) in [5, 5.41) is 0.00612. The lowest BCUT2D eigenvalue weighted by Crippen LogP contribution is -2.37. The molecule has 0 spiro atoms. The summed E-state index contributed by atoms with van der Waals surface area (Å²) in [6.07, 6.45) is 0. The molecule has 0 unspecified atom stereocenters. The zero-order valence-electron chi connectivity index (χ0n) is 11.4. The van der Waals surface area contributed by atoms with E-state index in [1.165, 1.54) is 0 Å². The van der Waals surface area contributed by atoms with Crippen LogP contribution in [-0.4, -0.2) is 0 Å². The van der Waals surface area contributed by atoms with Gasteiger partial charge in [-0.25, -0.2) is 13.2 Å². The van der Waals surface area contributed by atoms with E-state index in [9.17, 15) is 30.7 Å². The molecule has 0 aliphatic rings. The summed E-state index contributed by atoms with van der Waals surface area (Å²) < 4.78 is 97.2. The third-order valence-electron chi connectivity index (χ3n) is 3.26. The molecule has 0 N–H and O–H groups in total. The van der Waals surface area contributed by atoms with Crippen molar-refractivity contribution >= 4 is 11.6 Å². The number of hydrogen-bond acceptors (Lipinski definition) is 0. The Bertz CT molecular complexity index is 738. The van der Waals surface area contributed by atoms with Gasteiger partial charge in [0, 0.05) is 10.6 Å². The van der Waals surface area contributed by atoms with Crippen LogP contribution in [0.4, 0.5) is 30.7 Å². The van der Waals surface area contributed by atoms with Crippen LogP contribution in [0.5, 0.6) is 0 Å². The van der Waals surface area contributed by atoms with Crippen molar-refractivity contribution in [3.05, 3.63) is 69.5 Å². The summed E-state index contributed by atoms with van der Waals surface area (Å²) in [6, 6.07) is 3.26. The van der Waals surface area contributed by atoms with Crippen molar-refractivity contribution in [1.29, 1.82) is 0 Å². The van der Waals surface area contributed by atoms with E-state index in [1.807, 2.05) is 0 Å². The van der Waals surface area contributed by atoms with Gasteiger partial charge in [-0.1, -0.05) is 23.7 Å². The second kappa shape index (κ2) is 5.70. The molecule has 0 saturated heterocycles. The van der Waals surface area contributed by atoms with Gasteiger partial charge in [-0.05, 0) is 30.7 Å². The maximum Gasteiger partial charge on any atom is 0.345 e. The first-order valence-electron chi connectivity index (χ1n) is 6.16. The molecular weight excluding hydrogens is 349 g/mol. The Hall–Kier alpha value is -1.76. The van der Waals surface area contributed by atoms with Crippen LogP contribution < -0.4 is 0 Å². The number of halogens is 8. The van der Waals surface area contributed by atoms with Gasteiger partial charge >= 0.3 is 11.8 Å². The lowest BCUT2D eigenvalue weighted by atomic mass is 9.94. The zero-order valence-corrected chi connectivity index (χ0v) is 12.2. The van der Waals surface area contributed by atoms with Crippen molar-refractivity contribution in [2.24, 2.45) is 0 Å². The maximum absolute atomic E-state index is 14.1. The topological polar surface area (TPSA) is 0 Å². The molecule has 0 aromatic heterocycles. The Morgan fingerprint density at radius 3 is 1.87 bits per heavy atom. The second-order valence-corrected chi connectivity index (χ2v) is 5.27. The number of benzene rings is 2. The average Bonchev–Trinajstić information content (AvgIpc) is 2.45. The molecule has 0 nitrogen and oxygen atoms in total. The van der Waals surface area contributed by atoms with Gasteiger partial charge in [0.1, 0.15) is 11.4 Å². The first kappa shape index (κ1) is 17.6. The summed E-state index contributed by atoms with van der Waals surface area (Å²) in [6.45, 7) is 0.917. The lowest BCUT2D eigenvalue weighted by Gasteiger charge is -2.28. The molecule has 0 aliphatic carbocycles. The maximum atomic E-state index is 14.1. The molecule has 23 heavy (non-hydrogen) atoms. The van der Waals surface area contributed by atoms with E-state index in [2.05, 4.69) is 0 Å². The largest absolute Gasteiger partial charge is 0.345 e. The number of rotatable bonds is 3. The molecule has 2 rings (SSSR count). The number of hydrogen-bond donors (Lipinski definition) is 0. The molecule has 0 amide bonds. The molecule has 0 atom stereocenters. The van der Waals surface area contributed by atoms with Crippen molar-refractivity contribution in [3.8, 4) is 0 Å². The molecule has 2 aromatic carbocycles. The first-order valence-corrected chi connectivity index (χ1v) is 6.54. The highest BCUT2D eigenvalue weighted by Gasteiger charge is 2.61. The lowest BCUT2D eigenvalue weighted by molar-refractivity contribution is -0.226. The van der Waals surface area contributed by atoms with Crippen LogP contribution in [0, 0.1) is 24.4 Å². The molecule has 0 fully saturated rings. The SMILES string of the molecule is Cc1cc(F)c(C(F)(F)C(F)(F)c2ccc(Cl)cc2)c(F)c1F. The standard InChI is InChI=1S/C15H8ClF7/c1-7-6-10(17)11(13(19)12(7)18)15(22,23)14(20,21)8-2-4-9(16)5-3-8/h2-6H,1H3. The summed E-state index contributed by atoms with van der Waals surface area (Å²) in [5.74, 6) is -16.4. The highest BCUT2D eigenvalue weighted by Crippen LogP contribution is 2.51. The monoisotopic (exact) mass is 356 g/mol. The molecule has 8 heteroatoms. The van der Waals surface area contributed by atoms with Crippen molar-refractivity contribution in [2.45, 2.75) is 18.8 Å². The van der Waals surface area contributed by atoms with Gasteiger partial charge in [0.25, 0.3) is 0 Å². The first-order chi connectivity index (χ1) is 10.5. The van der Waals surface area contributed by atoms with Crippen LogP contribution in [0.1, 0.15) is 16.7 Å². The van der Waals surface area contributed by atoms with E-state index < -0.39 is 46.0 Å². The van der Waals surface area contributed by atoms with E-state index >= 15 is 0 Å². The predicted octanol–water partition coefficient (Wildman–Crippen LogP) is 5.95. The Balaban J connectivity index is 2.66. The van der Waals surface area contributed by atoms with Gasteiger partial charge in [0.05, 0.1) is 0 Å². The van der Waals surface area contributed by atoms with E-state index in [1.54, 1.807) is 0 Å². The smallest absolute Gasteiger partial charge is 0.206 e. The fourth-order valence-electron chi connectivity index (χ4n) is 2.00. The van der Waals surface area contributed by atoms with E-state index in [0.717, 1.165) is 19.1 Å². The molecule has 0 radical (unpaired) electrons. The molecule has 124 valence electrons. The van der Waals surface area contributed by atoms with Crippen LogP contribution in [0.25, 0.3) is 0 Å². The minimum atomic E-state index is -5.32. The predicted molar refractivity (Wildman–Crippen MR) is 70.3 cm³/mol. The molecule has 2 aromatic rings. The highest BCUT2D eigenvalue weighted by atomic mass is 35.5. The van der Waals surface area contributed by atoms with Crippen LogP contribution >= 0.6 is 11.6 Å². The van der Waals surface area contributed by atoms with Crippen LogP contribution in [0.15, 0.2) is 30.3 Å². The van der Waals surface area contributed by atoms with Gasteiger partial charge in [0.2, 0.25) is 0 Å². The molecule has 0 saturated carbocycles. The minimum absolute atomic E-state index is 0.00612. The van der Waals surface area contributed by atoms with Crippen molar-refractivity contribution in [2.75, 3.05) is 0 Å². The Morgan fingerprint density at radius 1 is 0.826 bits per heavy atom. The Kier molecular flexibility index (Phi) is 4.36. The quantitative estimate of drug-likeness (QED) is 0.471. The fraction of sp³-hybridized carbons (Fsp3) is 0.200. The number of aryl methyl sites for hydroxylation is 1. The number of alkyl halides is 4. The van der Waals surface area contributed by atoms with E-state index in [4.69, 9.17) is 11.6 Å². The Morgan fingerprint density at radius 2 is 1.35 bits per heavy atom. The van der Waals surface area contributed by atoms with Crippen LogP contribution in [0.3, 0.4) is 0 Å². The van der Waals surface area contributed by atoms with Gasteiger partial charge in [-0.3, -0.25) is 0 Å². The van der Waals surface area contributed by atoms with Crippen molar-refractivity contribution in [3.63, 3.8) is 0 Å². The van der Waals surface area contributed by atoms with Gasteiger partial charge < -0.3 is 0 Å². The second-order valence-electron chi connectivity index (χ2n) is 4.83. The van der Waals surface area contributed by atoms with Gasteiger partial charge in [-0.15, -0.1) is 0 Å². The molecule has 0 bridgehead atoms. The molecular formula is C15H8ClF7. The van der Waals surface area contributed by atoms with Gasteiger partial charge in [-0.2, -0.15) is 17.6 Å². The molecule has 0 aliphatic heterocycles. The normalized spacial score (nSPS) is 12.6. The summed E-state index contributed by atoms with van der Waals surface area (Å²) in [7, 11) is 0. The zero-order chi connectivity index (χ0) is 17.6. The minimum Gasteiger partial charge on any atom is -0.206 e. The summed E-state index contributed by atoms with van der Waals surface area (Å²) in [5.41, 5.74) is -4.15. The fourth-order valence-corrected chi connectivity index (χ4v) is 2.12. The highest BCUT2D eigenvalue weighted by molar-refractivity contribution is 6.30. The van der Waals surface area contributed by atoms with Crippen LogP contribution in [-0.2, 0) is 11.8 Å². The third-order valence-corrected chi connectivity index (χ3v) is 3.51. The summed E-state index contributed by atoms with van der Waals surface area (Å²) in [4.78, 5) is 0. The Labute approximate surface area is 131 Å².